The zero-order valence-electron chi connectivity index (χ0n) is 12.9. The summed E-state index contributed by atoms with van der Waals surface area (Å²) >= 11 is 1.60. The van der Waals surface area contributed by atoms with E-state index in [-0.39, 0.29) is 18.7 Å². The Morgan fingerprint density at radius 2 is 2.38 bits per heavy atom. The van der Waals surface area contributed by atoms with E-state index in [9.17, 15) is 9.18 Å². The zero-order chi connectivity index (χ0) is 16.9. The van der Waals surface area contributed by atoms with Gasteiger partial charge in [0, 0.05) is 23.5 Å². The Labute approximate surface area is 143 Å². The van der Waals surface area contributed by atoms with Crippen LogP contribution in [0, 0.1) is 17.1 Å². The summed E-state index contributed by atoms with van der Waals surface area (Å²) in [5, 5.41) is 13.6. The van der Waals surface area contributed by atoms with Crippen LogP contribution in [0.15, 0.2) is 35.7 Å². The van der Waals surface area contributed by atoms with E-state index in [1.54, 1.807) is 16.2 Å². The number of amides is 2. The quantitative estimate of drug-likeness (QED) is 0.930. The SMILES string of the molecule is N#Cc1ccc(F)c(CNC(=O)N2CCO[C@@H](c3cccs3)C2)c1. The molecule has 0 saturated carbocycles. The molecule has 7 heteroatoms. The van der Waals surface area contributed by atoms with Gasteiger partial charge in [0.05, 0.1) is 24.8 Å². The van der Waals surface area contributed by atoms with Crippen LogP contribution in [0.25, 0.3) is 0 Å². The largest absolute Gasteiger partial charge is 0.369 e. The van der Waals surface area contributed by atoms with Crippen LogP contribution in [0.1, 0.15) is 22.1 Å². The number of thiophene rings is 1. The van der Waals surface area contributed by atoms with Gasteiger partial charge in [-0.15, -0.1) is 11.3 Å². The summed E-state index contributed by atoms with van der Waals surface area (Å²) in [6.45, 7) is 1.47. The highest BCUT2D eigenvalue weighted by molar-refractivity contribution is 7.10. The standard InChI is InChI=1S/C17H16FN3O2S/c18-14-4-3-12(9-19)8-13(14)10-20-17(22)21-5-6-23-15(11-21)16-2-1-7-24-16/h1-4,7-8,15H,5-6,10-11H2,(H,20,22)/t15-/m1/s1. The predicted molar refractivity (Wildman–Crippen MR) is 87.9 cm³/mol. The van der Waals surface area contributed by atoms with Crippen molar-refractivity contribution in [2.24, 2.45) is 0 Å². The number of urea groups is 1. The smallest absolute Gasteiger partial charge is 0.317 e. The van der Waals surface area contributed by atoms with Crippen molar-refractivity contribution in [3.63, 3.8) is 0 Å². The average molecular weight is 345 g/mol. The van der Waals surface area contributed by atoms with Crippen LogP contribution in [-0.4, -0.2) is 30.6 Å². The highest BCUT2D eigenvalue weighted by atomic mass is 32.1. The number of nitrogens with zero attached hydrogens (tertiary/aromatic N) is 2. The molecule has 24 heavy (non-hydrogen) atoms. The van der Waals surface area contributed by atoms with Crippen molar-refractivity contribution in [3.8, 4) is 6.07 Å². The minimum atomic E-state index is -0.437. The maximum atomic E-state index is 13.8. The molecule has 124 valence electrons. The second-order valence-corrected chi connectivity index (χ2v) is 6.38. The van der Waals surface area contributed by atoms with Gasteiger partial charge in [0.2, 0.25) is 0 Å². The Morgan fingerprint density at radius 3 is 3.12 bits per heavy atom. The zero-order valence-corrected chi connectivity index (χ0v) is 13.7. The Balaban J connectivity index is 1.60. The molecule has 0 aliphatic carbocycles. The van der Waals surface area contributed by atoms with Gasteiger partial charge < -0.3 is 15.0 Å². The number of nitriles is 1. The van der Waals surface area contributed by atoms with Crippen molar-refractivity contribution in [1.82, 2.24) is 10.2 Å². The normalized spacial score (nSPS) is 17.3. The van der Waals surface area contributed by atoms with E-state index in [1.807, 2.05) is 23.6 Å². The van der Waals surface area contributed by atoms with Gasteiger partial charge in [-0.3, -0.25) is 0 Å². The van der Waals surface area contributed by atoms with Crippen LogP contribution in [-0.2, 0) is 11.3 Å². The molecule has 2 aromatic rings. The molecule has 1 N–H and O–H groups in total. The first-order valence-electron chi connectivity index (χ1n) is 7.53. The topological polar surface area (TPSA) is 65.4 Å². The second kappa shape index (κ2) is 7.43. The summed E-state index contributed by atoms with van der Waals surface area (Å²) in [5.41, 5.74) is 0.662. The number of morpholine rings is 1. The molecule has 3 rings (SSSR count). The lowest BCUT2D eigenvalue weighted by molar-refractivity contribution is -0.0136. The van der Waals surface area contributed by atoms with Crippen LogP contribution >= 0.6 is 11.3 Å². The van der Waals surface area contributed by atoms with E-state index in [0.717, 1.165) is 4.88 Å². The van der Waals surface area contributed by atoms with Crippen LogP contribution < -0.4 is 5.32 Å². The number of halogens is 1. The molecule has 1 saturated heterocycles. The highest BCUT2D eigenvalue weighted by Gasteiger charge is 2.25. The summed E-state index contributed by atoms with van der Waals surface area (Å²) < 4.78 is 19.5. The van der Waals surface area contributed by atoms with Crippen molar-refractivity contribution in [2.45, 2.75) is 12.6 Å². The Bertz CT molecular complexity index is 758. The molecule has 1 aromatic carbocycles. The molecule has 0 spiro atoms. The third-order valence-electron chi connectivity index (χ3n) is 3.82. The van der Waals surface area contributed by atoms with E-state index >= 15 is 0 Å². The number of benzene rings is 1. The molecule has 1 aliphatic rings. The fraction of sp³-hybridized carbons (Fsp3) is 0.294. The van der Waals surface area contributed by atoms with E-state index < -0.39 is 5.82 Å². The lowest BCUT2D eigenvalue weighted by Gasteiger charge is -2.32. The van der Waals surface area contributed by atoms with Crippen LogP contribution in [0.2, 0.25) is 0 Å². The van der Waals surface area contributed by atoms with Gasteiger partial charge in [0.1, 0.15) is 11.9 Å². The first-order valence-corrected chi connectivity index (χ1v) is 8.41. The number of ether oxygens (including phenoxy) is 1. The number of carbonyl (C=O) groups is 1. The maximum absolute atomic E-state index is 13.8. The number of nitrogens with one attached hydrogen (secondary N) is 1. The van der Waals surface area contributed by atoms with E-state index in [1.165, 1.54) is 18.2 Å². The lowest BCUT2D eigenvalue weighted by atomic mass is 10.1. The van der Waals surface area contributed by atoms with Crippen LogP contribution in [0.4, 0.5) is 9.18 Å². The average Bonchev–Trinajstić information content (AvgIpc) is 3.15. The van der Waals surface area contributed by atoms with Gasteiger partial charge in [-0.05, 0) is 29.6 Å². The van der Waals surface area contributed by atoms with E-state index in [0.29, 0.717) is 30.8 Å². The molecule has 1 atom stereocenters. The molecule has 1 aromatic heterocycles. The second-order valence-electron chi connectivity index (χ2n) is 5.40. The summed E-state index contributed by atoms with van der Waals surface area (Å²) in [4.78, 5) is 15.1. The van der Waals surface area contributed by atoms with Crippen molar-refractivity contribution in [2.75, 3.05) is 19.7 Å². The molecule has 1 aliphatic heterocycles. The molecule has 0 radical (unpaired) electrons. The Hall–Kier alpha value is -2.43. The summed E-state index contributed by atoms with van der Waals surface area (Å²) in [7, 11) is 0. The predicted octanol–water partition coefficient (Wildman–Crippen LogP) is 3.04. The van der Waals surface area contributed by atoms with Gasteiger partial charge >= 0.3 is 6.03 Å². The number of carbonyl (C=O) groups excluding carboxylic acids is 1. The third kappa shape index (κ3) is 3.72. The molecule has 2 amide bonds. The number of rotatable bonds is 3. The maximum Gasteiger partial charge on any atom is 0.317 e. The fourth-order valence-corrected chi connectivity index (χ4v) is 3.31. The molecule has 0 bridgehead atoms. The van der Waals surface area contributed by atoms with Crippen LogP contribution in [0.5, 0.6) is 0 Å². The summed E-state index contributed by atoms with van der Waals surface area (Å²) in [5.74, 6) is -0.437. The Morgan fingerprint density at radius 1 is 1.50 bits per heavy atom. The van der Waals surface area contributed by atoms with Crippen LogP contribution in [0.3, 0.4) is 0 Å². The van der Waals surface area contributed by atoms with E-state index in [2.05, 4.69) is 5.32 Å². The molecule has 5 nitrogen and oxygen atoms in total. The monoisotopic (exact) mass is 345 g/mol. The molecular weight excluding hydrogens is 329 g/mol. The third-order valence-corrected chi connectivity index (χ3v) is 4.78. The molecule has 0 unspecified atom stereocenters. The summed E-state index contributed by atoms with van der Waals surface area (Å²) in [6, 6.07) is 9.73. The van der Waals surface area contributed by atoms with Gasteiger partial charge in [-0.2, -0.15) is 5.26 Å². The van der Waals surface area contributed by atoms with E-state index in [4.69, 9.17) is 10.00 Å². The number of hydrogen-bond acceptors (Lipinski definition) is 4. The van der Waals surface area contributed by atoms with Gasteiger partial charge in [-0.25, -0.2) is 9.18 Å². The minimum Gasteiger partial charge on any atom is -0.369 e. The molecular formula is C17H16FN3O2S. The summed E-state index contributed by atoms with van der Waals surface area (Å²) in [6.07, 6.45) is -0.122. The highest BCUT2D eigenvalue weighted by Crippen LogP contribution is 2.26. The number of hydrogen-bond donors (Lipinski definition) is 1. The van der Waals surface area contributed by atoms with Crippen molar-refractivity contribution in [3.05, 3.63) is 57.5 Å². The molecule has 1 fully saturated rings. The van der Waals surface area contributed by atoms with Gasteiger partial charge in [-0.1, -0.05) is 6.07 Å². The fourth-order valence-electron chi connectivity index (χ4n) is 2.54. The lowest BCUT2D eigenvalue weighted by Crippen LogP contribution is -2.46. The minimum absolute atomic E-state index is 0.0429. The van der Waals surface area contributed by atoms with Crippen molar-refractivity contribution < 1.29 is 13.9 Å². The Kier molecular flexibility index (Phi) is 5.08. The van der Waals surface area contributed by atoms with Gasteiger partial charge in [0.15, 0.2) is 0 Å². The first kappa shape index (κ1) is 16.4. The molecule has 2 heterocycles. The van der Waals surface area contributed by atoms with Crippen molar-refractivity contribution in [1.29, 1.82) is 5.26 Å². The van der Waals surface area contributed by atoms with Crippen molar-refractivity contribution >= 4 is 17.4 Å². The van der Waals surface area contributed by atoms with Gasteiger partial charge in [0.25, 0.3) is 0 Å². The first-order chi connectivity index (χ1) is 11.7.